The highest BCUT2D eigenvalue weighted by atomic mass is 16.5. The van der Waals surface area contributed by atoms with Gasteiger partial charge in [0.1, 0.15) is 11.5 Å². The van der Waals surface area contributed by atoms with Crippen molar-refractivity contribution in [3.8, 4) is 11.5 Å². The Bertz CT molecular complexity index is 550. The number of hydrogen-bond donors (Lipinski definition) is 2. The van der Waals surface area contributed by atoms with E-state index >= 15 is 0 Å². The number of carbonyl (C=O) groups excluding carboxylic acids is 1. The zero-order valence-corrected chi connectivity index (χ0v) is 14.9. The van der Waals surface area contributed by atoms with Gasteiger partial charge in [0, 0.05) is 30.8 Å². The summed E-state index contributed by atoms with van der Waals surface area (Å²) in [6.45, 7) is 2.45. The van der Waals surface area contributed by atoms with Gasteiger partial charge in [-0.15, -0.1) is 0 Å². The van der Waals surface area contributed by atoms with Crippen molar-refractivity contribution in [1.29, 1.82) is 0 Å². The van der Waals surface area contributed by atoms with Crippen LogP contribution in [0.5, 0.6) is 11.5 Å². The highest BCUT2D eigenvalue weighted by Gasteiger charge is 2.28. The lowest BCUT2D eigenvalue weighted by Gasteiger charge is -2.36. The quantitative estimate of drug-likeness (QED) is 0.702. The molecule has 0 saturated carbocycles. The molecule has 1 saturated heterocycles. The minimum atomic E-state index is -0.176. The number of hydrogen-bond acceptors (Lipinski definition) is 5. The van der Waals surface area contributed by atoms with E-state index in [0.29, 0.717) is 6.04 Å². The summed E-state index contributed by atoms with van der Waals surface area (Å²) < 4.78 is 10.6. The number of methoxy groups -OCH3 is 2. The molecule has 1 aliphatic heterocycles. The number of nitrogens with zero attached hydrogens (tertiary/aromatic N) is 1. The molecular formula is C18H29N3O3. The van der Waals surface area contributed by atoms with Crippen molar-refractivity contribution in [3.63, 3.8) is 0 Å². The fourth-order valence-corrected chi connectivity index (χ4v) is 3.29. The van der Waals surface area contributed by atoms with Gasteiger partial charge in [-0.3, -0.25) is 4.79 Å². The van der Waals surface area contributed by atoms with Crippen molar-refractivity contribution in [3.05, 3.63) is 23.8 Å². The molecule has 0 aliphatic carbocycles. The van der Waals surface area contributed by atoms with E-state index in [2.05, 4.69) is 17.3 Å². The first-order valence-electron chi connectivity index (χ1n) is 8.46. The van der Waals surface area contributed by atoms with E-state index in [1.807, 2.05) is 18.2 Å². The van der Waals surface area contributed by atoms with Gasteiger partial charge < -0.3 is 25.4 Å². The van der Waals surface area contributed by atoms with Crippen molar-refractivity contribution in [2.75, 3.05) is 34.4 Å². The predicted octanol–water partition coefficient (Wildman–Crippen LogP) is 1.38. The van der Waals surface area contributed by atoms with Gasteiger partial charge >= 0.3 is 0 Å². The van der Waals surface area contributed by atoms with Crippen LogP contribution in [-0.4, -0.2) is 51.2 Å². The van der Waals surface area contributed by atoms with Gasteiger partial charge in [0.2, 0.25) is 5.91 Å². The smallest absolute Gasteiger partial charge is 0.221 e. The van der Waals surface area contributed by atoms with Crippen molar-refractivity contribution in [2.24, 2.45) is 11.7 Å². The number of amides is 1. The molecule has 0 spiro atoms. The third-order valence-electron chi connectivity index (χ3n) is 4.85. The first kappa shape index (κ1) is 18.5. The lowest BCUT2D eigenvalue weighted by atomic mass is 9.91. The molecule has 1 aromatic rings. The van der Waals surface area contributed by atoms with Gasteiger partial charge in [0.05, 0.1) is 20.1 Å². The topological polar surface area (TPSA) is 76.8 Å². The summed E-state index contributed by atoms with van der Waals surface area (Å²) >= 11 is 0. The van der Waals surface area contributed by atoms with Crippen LogP contribution in [0.15, 0.2) is 18.2 Å². The zero-order chi connectivity index (χ0) is 17.5. The molecule has 0 radical (unpaired) electrons. The van der Waals surface area contributed by atoms with Crippen LogP contribution in [-0.2, 0) is 11.3 Å². The van der Waals surface area contributed by atoms with Gasteiger partial charge in [0.25, 0.3) is 0 Å². The molecule has 0 aromatic heterocycles. The first-order valence-corrected chi connectivity index (χ1v) is 8.46. The lowest BCUT2D eigenvalue weighted by molar-refractivity contribution is -0.123. The molecular weight excluding hydrogens is 306 g/mol. The molecule has 1 amide bonds. The summed E-state index contributed by atoms with van der Waals surface area (Å²) in [6.07, 6.45) is 2.98. The highest BCUT2D eigenvalue weighted by Crippen LogP contribution is 2.25. The van der Waals surface area contributed by atoms with E-state index in [4.69, 9.17) is 15.2 Å². The minimum Gasteiger partial charge on any atom is -0.497 e. The maximum atomic E-state index is 11.3. The van der Waals surface area contributed by atoms with Gasteiger partial charge in [0.15, 0.2) is 0 Å². The van der Waals surface area contributed by atoms with Crippen LogP contribution >= 0.6 is 0 Å². The van der Waals surface area contributed by atoms with Crippen LogP contribution in [0.2, 0.25) is 0 Å². The number of nitrogens with one attached hydrogen (secondary N) is 1. The molecule has 1 heterocycles. The number of benzene rings is 1. The number of primary amides is 1. The first-order chi connectivity index (χ1) is 11.5. The van der Waals surface area contributed by atoms with Crippen LogP contribution in [0.25, 0.3) is 0 Å². The molecule has 6 nitrogen and oxygen atoms in total. The number of nitrogens with two attached hydrogens (primary N) is 1. The van der Waals surface area contributed by atoms with Crippen LogP contribution in [0.1, 0.15) is 24.8 Å². The third-order valence-corrected chi connectivity index (χ3v) is 4.85. The van der Waals surface area contributed by atoms with E-state index in [9.17, 15) is 4.79 Å². The Labute approximate surface area is 144 Å². The van der Waals surface area contributed by atoms with Gasteiger partial charge in [-0.05, 0) is 38.9 Å². The monoisotopic (exact) mass is 335 g/mol. The van der Waals surface area contributed by atoms with Crippen molar-refractivity contribution < 1.29 is 14.3 Å². The van der Waals surface area contributed by atoms with E-state index in [-0.39, 0.29) is 11.8 Å². The standard InChI is InChI=1S/C18H29N3O3/c1-21-12-14(18(19)22)4-6-15(21)8-9-20-11-13-5-7-16(23-2)10-17(13)24-3/h5,7,10,14-15,20H,4,6,8-9,11-12H2,1-3H3,(H2,19,22). The molecule has 1 aliphatic rings. The van der Waals surface area contributed by atoms with Crippen molar-refractivity contribution >= 4 is 5.91 Å². The second-order valence-electron chi connectivity index (χ2n) is 6.41. The second kappa shape index (κ2) is 8.89. The maximum absolute atomic E-state index is 11.3. The second-order valence-corrected chi connectivity index (χ2v) is 6.41. The van der Waals surface area contributed by atoms with Crippen LogP contribution < -0.4 is 20.5 Å². The van der Waals surface area contributed by atoms with Crippen LogP contribution in [0, 0.1) is 5.92 Å². The van der Waals surface area contributed by atoms with E-state index in [0.717, 1.165) is 56.0 Å². The molecule has 2 rings (SSSR count). The summed E-state index contributed by atoms with van der Waals surface area (Å²) in [5.41, 5.74) is 6.53. The fourth-order valence-electron chi connectivity index (χ4n) is 3.29. The van der Waals surface area contributed by atoms with Crippen molar-refractivity contribution in [1.82, 2.24) is 10.2 Å². The van der Waals surface area contributed by atoms with Gasteiger partial charge in [-0.1, -0.05) is 6.07 Å². The molecule has 2 atom stereocenters. The molecule has 1 fully saturated rings. The molecule has 0 bridgehead atoms. The molecule has 24 heavy (non-hydrogen) atoms. The summed E-state index contributed by atoms with van der Waals surface area (Å²) in [4.78, 5) is 13.6. The Morgan fingerprint density at radius 2 is 2.12 bits per heavy atom. The molecule has 3 N–H and O–H groups in total. The van der Waals surface area contributed by atoms with Crippen molar-refractivity contribution in [2.45, 2.75) is 31.8 Å². The summed E-state index contributed by atoms with van der Waals surface area (Å²) in [5.74, 6) is 1.46. The largest absolute Gasteiger partial charge is 0.497 e. The fraction of sp³-hybridized carbons (Fsp3) is 0.611. The minimum absolute atomic E-state index is 0.00256. The third kappa shape index (κ3) is 4.85. The Kier molecular flexibility index (Phi) is 6.87. The number of carbonyl (C=O) groups is 1. The van der Waals surface area contributed by atoms with E-state index in [1.165, 1.54) is 0 Å². The number of likely N-dealkylation sites (tertiary alicyclic amines) is 1. The maximum Gasteiger partial charge on any atom is 0.221 e. The molecule has 134 valence electrons. The summed E-state index contributed by atoms with van der Waals surface area (Å²) in [7, 11) is 5.40. The average molecular weight is 335 g/mol. The van der Waals surface area contributed by atoms with Crippen LogP contribution in [0.4, 0.5) is 0 Å². The number of rotatable bonds is 8. The zero-order valence-electron chi connectivity index (χ0n) is 14.9. The molecule has 6 heteroatoms. The lowest BCUT2D eigenvalue weighted by Crippen LogP contribution is -2.45. The highest BCUT2D eigenvalue weighted by molar-refractivity contribution is 5.76. The SMILES string of the molecule is COc1ccc(CNCCC2CCC(C(N)=O)CN2C)c(OC)c1. The van der Waals surface area contributed by atoms with E-state index in [1.54, 1.807) is 14.2 Å². The summed E-state index contributed by atoms with van der Waals surface area (Å²) in [5, 5.41) is 3.48. The molecule has 1 aromatic carbocycles. The Hall–Kier alpha value is -1.79. The Morgan fingerprint density at radius 1 is 1.33 bits per heavy atom. The Morgan fingerprint density at radius 3 is 2.75 bits per heavy atom. The number of ether oxygens (including phenoxy) is 2. The van der Waals surface area contributed by atoms with Gasteiger partial charge in [-0.2, -0.15) is 0 Å². The summed E-state index contributed by atoms with van der Waals surface area (Å²) in [6, 6.07) is 6.37. The normalized spacial score (nSPS) is 21.5. The predicted molar refractivity (Wildman–Crippen MR) is 94.2 cm³/mol. The molecule has 2 unspecified atom stereocenters. The number of piperidine rings is 1. The van der Waals surface area contributed by atoms with E-state index < -0.39 is 0 Å². The Balaban J connectivity index is 1.76. The van der Waals surface area contributed by atoms with Crippen LogP contribution in [0.3, 0.4) is 0 Å². The average Bonchev–Trinajstić information content (AvgIpc) is 2.59. The van der Waals surface area contributed by atoms with Gasteiger partial charge in [-0.25, -0.2) is 0 Å².